The van der Waals surface area contributed by atoms with Crippen LogP contribution < -0.4 is 5.73 Å². The van der Waals surface area contributed by atoms with Crippen molar-refractivity contribution in [2.75, 3.05) is 6.54 Å². The summed E-state index contributed by atoms with van der Waals surface area (Å²) in [5.41, 5.74) is 5.44. The smallest absolute Gasteiger partial charge is 0.216 e. The van der Waals surface area contributed by atoms with Crippen LogP contribution in [0.5, 0.6) is 0 Å². The highest BCUT2D eigenvalue weighted by molar-refractivity contribution is 6.47. The van der Waals surface area contributed by atoms with Gasteiger partial charge in [-0.1, -0.05) is 89.3 Å². The largest absolute Gasteiger partial charge is 0.320 e. The van der Waals surface area contributed by atoms with Gasteiger partial charge in [0.1, 0.15) is 0 Å². The monoisotopic (exact) mass is 261 g/mol. The molecule has 2 N–H and O–H groups in total. The summed E-state index contributed by atoms with van der Waals surface area (Å²) in [6.07, 6.45) is 18.7. The second-order valence-corrected chi connectivity index (χ2v) is 6.09. The Morgan fingerprint density at radius 2 is 1.16 bits per heavy atom. The summed E-state index contributed by atoms with van der Waals surface area (Å²) >= 11 is 0. The van der Waals surface area contributed by atoms with Crippen LogP contribution in [-0.2, 0) is 0 Å². The van der Waals surface area contributed by atoms with Crippen molar-refractivity contribution in [2.45, 2.75) is 89.3 Å². The molecule has 108 valence electrons. The van der Waals surface area contributed by atoms with E-state index in [0.717, 1.165) is 13.1 Å². The standard InChI is InChI=1S/C17H32BN/c19-16-12-15-18-17-13-10-8-6-4-2-1-3-5-7-9-11-14-17/h17-18H,1-11,13-14,16,19H2. The van der Waals surface area contributed by atoms with Gasteiger partial charge in [0, 0.05) is 0 Å². The van der Waals surface area contributed by atoms with E-state index in [1.807, 2.05) is 0 Å². The van der Waals surface area contributed by atoms with E-state index in [2.05, 4.69) is 11.7 Å². The van der Waals surface area contributed by atoms with Crippen LogP contribution in [0.4, 0.5) is 0 Å². The molecule has 0 spiro atoms. The summed E-state index contributed by atoms with van der Waals surface area (Å²) < 4.78 is 0. The summed E-state index contributed by atoms with van der Waals surface area (Å²) in [6, 6.07) is 0. The molecule has 0 amide bonds. The lowest BCUT2D eigenvalue weighted by Crippen LogP contribution is -2.04. The molecule has 19 heavy (non-hydrogen) atoms. The number of hydrogen-bond acceptors (Lipinski definition) is 1. The fourth-order valence-electron chi connectivity index (χ4n) is 3.09. The van der Waals surface area contributed by atoms with Crippen molar-refractivity contribution in [1.29, 1.82) is 0 Å². The number of hydrogen-bond donors (Lipinski definition) is 1. The molecule has 0 aromatic rings. The number of rotatable bonds is 1. The van der Waals surface area contributed by atoms with Crippen LogP contribution in [0, 0.1) is 11.7 Å². The van der Waals surface area contributed by atoms with Crippen LogP contribution in [0.1, 0.15) is 83.5 Å². The first-order valence-corrected chi connectivity index (χ1v) is 8.59. The van der Waals surface area contributed by atoms with Gasteiger partial charge in [0.05, 0.1) is 6.54 Å². The second kappa shape index (κ2) is 12.6. The lowest BCUT2D eigenvalue weighted by Gasteiger charge is -2.14. The van der Waals surface area contributed by atoms with E-state index in [1.54, 1.807) is 0 Å². The maximum Gasteiger partial charge on any atom is 0.216 e. The van der Waals surface area contributed by atoms with Crippen LogP contribution in [0.15, 0.2) is 0 Å². The van der Waals surface area contributed by atoms with E-state index in [1.165, 1.54) is 83.5 Å². The van der Waals surface area contributed by atoms with Gasteiger partial charge in [-0.25, -0.2) is 0 Å². The summed E-state index contributed by atoms with van der Waals surface area (Å²) in [4.78, 5) is 0. The van der Waals surface area contributed by atoms with Crippen LogP contribution >= 0.6 is 0 Å². The van der Waals surface area contributed by atoms with E-state index in [9.17, 15) is 0 Å². The van der Waals surface area contributed by atoms with Crippen molar-refractivity contribution >= 4 is 7.28 Å². The zero-order valence-corrected chi connectivity index (χ0v) is 12.8. The van der Waals surface area contributed by atoms with Gasteiger partial charge in [0.25, 0.3) is 0 Å². The molecule has 0 bridgehead atoms. The molecule has 1 saturated carbocycles. The molecule has 1 aliphatic carbocycles. The van der Waals surface area contributed by atoms with E-state index in [-0.39, 0.29) is 0 Å². The normalized spacial score (nSPS) is 20.9. The maximum absolute atomic E-state index is 5.44. The third-order valence-electron chi connectivity index (χ3n) is 4.34. The molecular formula is C17H32BN. The van der Waals surface area contributed by atoms with Crippen LogP contribution in [0.25, 0.3) is 0 Å². The van der Waals surface area contributed by atoms with Crippen LogP contribution in [0.2, 0.25) is 5.82 Å². The third-order valence-corrected chi connectivity index (χ3v) is 4.34. The quantitative estimate of drug-likeness (QED) is 0.555. The molecule has 0 aliphatic heterocycles. The zero-order valence-electron chi connectivity index (χ0n) is 12.8. The molecule has 1 fully saturated rings. The highest BCUT2D eigenvalue weighted by atomic mass is 14.5. The van der Waals surface area contributed by atoms with Crippen molar-refractivity contribution in [3.05, 3.63) is 0 Å². The van der Waals surface area contributed by atoms with E-state index in [0.29, 0.717) is 6.54 Å². The summed E-state index contributed by atoms with van der Waals surface area (Å²) in [5.74, 6) is 7.13. The Morgan fingerprint density at radius 3 is 1.58 bits per heavy atom. The van der Waals surface area contributed by atoms with E-state index < -0.39 is 0 Å². The van der Waals surface area contributed by atoms with Gasteiger partial charge in [-0.3, -0.25) is 0 Å². The van der Waals surface area contributed by atoms with Gasteiger partial charge < -0.3 is 5.73 Å². The molecule has 0 atom stereocenters. The maximum atomic E-state index is 5.44. The van der Waals surface area contributed by atoms with Crippen molar-refractivity contribution in [2.24, 2.45) is 5.73 Å². The molecule has 0 unspecified atom stereocenters. The predicted octanol–water partition coefficient (Wildman–Crippen LogP) is 4.22. The fourth-order valence-corrected chi connectivity index (χ4v) is 3.09. The highest BCUT2D eigenvalue weighted by Crippen LogP contribution is 2.23. The number of nitrogens with two attached hydrogens (primary N) is 1. The lowest BCUT2D eigenvalue weighted by atomic mass is 9.61. The fraction of sp³-hybridized carbons (Fsp3) is 0.882. The Kier molecular flexibility index (Phi) is 11.0. The van der Waals surface area contributed by atoms with Gasteiger partial charge in [-0.2, -0.15) is 5.82 Å². The first kappa shape index (κ1) is 16.6. The Hall–Kier alpha value is -0.415. The molecule has 0 saturated heterocycles. The van der Waals surface area contributed by atoms with Crippen LogP contribution in [0.3, 0.4) is 0 Å². The first-order chi connectivity index (χ1) is 9.43. The van der Waals surface area contributed by atoms with E-state index >= 15 is 0 Å². The van der Waals surface area contributed by atoms with Gasteiger partial charge in [0.15, 0.2) is 0 Å². The van der Waals surface area contributed by atoms with Gasteiger partial charge in [-0.15, -0.1) is 5.92 Å². The Morgan fingerprint density at radius 1 is 0.737 bits per heavy atom. The molecule has 1 nitrogen and oxygen atoms in total. The molecule has 1 rings (SSSR count). The molecule has 0 radical (unpaired) electrons. The van der Waals surface area contributed by atoms with Gasteiger partial charge in [0.2, 0.25) is 7.28 Å². The van der Waals surface area contributed by atoms with Crippen molar-refractivity contribution in [1.82, 2.24) is 0 Å². The molecule has 0 aromatic carbocycles. The van der Waals surface area contributed by atoms with Gasteiger partial charge >= 0.3 is 0 Å². The predicted molar refractivity (Wildman–Crippen MR) is 87.8 cm³/mol. The molecule has 1 aliphatic rings. The average Bonchev–Trinajstić information content (AvgIpc) is 2.43. The van der Waals surface area contributed by atoms with Crippen molar-refractivity contribution < 1.29 is 0 Å². The third kappa shape index (κ3) is 10.1. The molecule has 0 aromatic heterocycles. The summed E-state index contributed by atoms with van der Waals surface area (Å²) in [7, 11) is 1.08. The minimum atomic E-state index is 0.521. The Bertz CT molecular complexity index is 240. The van der Waals surface area contributed by atoms with E-state index in [4.69, 9.17) is 5.73 Å². The second-order valence-electron chi connectivity index (χ2n) is 6.09. The zero-order chi connectivity index (χ0) is 13.6. The molecular weight excluding hydrogens is 229 g/mol. The van der Waals surface area contributed by atoms with Crippen molar-refractivity contribution in [3.63, 3.8) is 0 Å². The minimum absolute atomic E-state index is 0.521. The lowest BCUT2D eigenvalue weighted by molar-refractivity contribution is 0.503. The Balaban J connectivity index is 2.27. The first-order valence-electron chi connectivity index (χ1n) is 8.59. The molecule has 0 heterocycles. The molecule has 2 heteroatoms. The minimum Gasteiger partial charge on any atom is -0.320 e. The van der Waals surface area contributed by atoms with Crippen molar-refractivity contribution in [3.8, 4) is 11.7 Å². The van der Waals surface area contributed by atoms with Crippen LogP contribution in [-0.4, -0.2) is 13.8 Å². The van der Waals surface area contributed by atoms with Gasteiger partial charge in [-0.05, 0) is 0 Å². The average molecular weight is 261 g/mol. The SMILES string of the molecule is NCC#CBC1CCCCCCCCCCCCC1. The Labute approximate surface area is 121 Å². The highest BCUT2D eigenvalue weighted by Gasteiger charge is 2.09. The topological polar surface area (TPSA) is 26.0 Å². The summed E-state index contributed by atoms with van der Waals surface area (Å²) in [6.45, 7) is 0.521. The summed E-state index contributed by atoms with van der Waals surface area (Å²) in [5, 5.41) is 0.